The molecule has 2 N–H and O–H groups in total. The average molecular weight is 414 g/mol. The van der Waals surface area contributed by atoms with Gasteiger partial charge in [-0.05, 0) is 12.8 Å². The van der Waals surface area contributed by atoms with E-state index in [-0.39, 0.29) is 39.0 Å². The molecule has 0 spiro atoms. The fraction of sp³-hybridized carbons (Fsp3) is 0.800. The van der Waals surface area contributed by atoms with Gasteiger partial charge in [0.15, 0.2) is 0 Å². The van der Waals surface area contributed by atoms with E-state index in [1.54, 1.807) is 0 Å². The molecule has 0 aliphatic heterocycles. The Balaban J connectivity index is 0. The van der Waals surface area contributed by atoms with E-state index >= 15 is 0 Å². The number of hydrogen-bond acceptors (Lipinski definition) is 2. The van der Waals surface area contributed by atoms with Gasteiger partial charge in [0, 0.05) is 12.8 Å². The van der Waals surface area contributed by atoms with Crippen molar-refractivity contribution in [1.82, 2.24) is 0 Å². The van der Waals surface area contributed by atoms with Crippen molar-refractivity contribution in [1.29, 1.82) is 0 Å². The number of aliphatic carboxylic acids is 2. The van der Waals surface area contributed by atoms with E-state index in [1.165, 1.54) is 0 Å². The van der Waals surface area contributed by atoms with Crippen LogP contribution in [-0.2, 0) is 9.59 Å². The molecule has 0 aromatic heterocycles. The van der Waals surface area contributed by atoms with E-state index in [0.717, 1.165) is 38.5 Å². The minimum absolute atomic E-state index is 0. The van der Waals surface area contributed by atoms with E-state index in [2.05, 4.69) is 0 Å². The second kappa shape index (κ2) is 11.9. The Labute approximate surface area is 109 Å². The molecule has 0 unspecified atom stereocenters. The SMILES string of the molecule is O=C(O)CCCCCCCCC(=O)O.[BiH3]. The molecule has 0 heterocycles. The van der Waals surface area contributed by atoms with Crippen LogP contribution < -0.4 is 0 Å². The monoisotopic (exact) mass is 414 g/mol. The first-order valence-electron chi connectivity index (χ1n) is 5.06. The van der Waals surface area contributed by atoms with Gasteiger partial charge < -0.3 is 10.2 Å². The Bertz CT molecular complexity index is 162. The van der Waals surface area contributed by atoms with Crippen molar-refractivity contribution < 1.29 is 19.8 Å². The average Bonchev–Trinajstić information content (AvgIpc) is 2.08. The standard InChI is InChI=1S/C10H18O4.Bi.3H/c11-9(12)7-5-3-1-2-4-6-8-10(13)14;;;;/h1-8H2,(H,11,12)(H,13,14);;;;. The van der Waals surface area contributed by atoms with Crippen LogP contribution in [0.4, 0.5) is 0 Å². The summed E-state index contributed by atoms with van der Waals surface area (Å²) in [6, 6.07) is 0. The molecule has 15 heavy (non-hydrogen) atoms. The van der Waals surface area contributed by atoms with Gasteiger partial charge in [0.05, 0.1) is 0 Å². The summed E-state index contributed by atoms with van der Waals surface area (Å²) in [6.07, 6.45) is 5.82. The molecule has 0 amide bonds. The molecule has 0 saturated carbocycles. The topological polar surface area (TPSA) is 74.6 Å². The summed E-state index contributed by atoms with van der Waals surface area (Å²) in [5.74, 6) is -1.48. The molecule has 90 valence electrons. The molecule has 0 aliphatic rings. The van der Waals surface area contributed by atoms with Gasteiger partial charge in [-0.25, -0.2) is 0 Å². The van der Waals surface area contributed by atoms with Crippen LogP contribution in [0.15, 0.2) is 0 Å². The molecule has 0 saturated heterocycles. The van der Waals surface area contributed by atoms with Gasteiger partial charge >= 0.3 is 38.1 Å². The van der Waals surface area contributed by atoms with Crippen LogP contribution in [0, 0.1) is 0 Å². The van der Waals surface area contributed by atoms with Crippen molar-refractivity contribution in [3.05, 3.63) is 0 Å². The summed E-state index contributed by atoms with van der Waals surface area (Å²) in [5.41, 5.74) is 0. The van der Waals surface area contributed by atoms with Gasteiger partial charge in [-0.1, -0.05) is 25.7 Å². The third-order valence-corrected chi connectivity index (χ3v) is 2.03. The van der Waals surface area contributed by atoms with Crippen LogP contribution in [-0.4, -0.2) is 48.4 Å². The zero-order valence-electron chi connectivity index (χ0n) is 9.07. The summed E-state index contributed by atoms with van der Waals surface area (Å²) in [4.78, 5) is 20.3. The Morgan fingerprint density at radius 2 is 0.933 bits per heavy atom. The Hall–Kier alpha value is -0.177. The van der Waals surface area contributed by atoms with E-state index in [0.29, 0.717) is 0 Å². The molecule has 0 rings (SSSR count). The predicted octanol–water partition coefficient (Wildman–Crippen LogP) is 1.09. The molecule has 0 atom stereocenters. The van der Waals surface area contributed by atoms with Gasteiger partial charge in [-0.15, -0.1) is 0 Å². The number of rotatable bonds is 9. The number of hydrogen-bond donors (Lipinski definition) is 2. The number of carboxylic acids is 2. The van der Waals surface area contributed by atoms with Gasteiger partial charge in [0.2, 0.25) is 0 Å². The third-order valence-electron chi connectivity index (χ3n) is 2.03. The summed E-state index contributed by atoms with van der Waals surface area (Å²) >= 11 is 0. The fourth-order valence-corrected chi connectivity index (χ4v) is 1.26. The van der Waals surface area contributed by atoms with Crippen molar-refractivity contribution in [2.75, 3.05) is 0 Å². The van der Waals surface area contributed by atoms with Crippen molar-refractivity contribution in [3.8, 4) is 0 Å². The van der Waals surface area contributed by atoms with Crippen molar-refractivity contribution in [2.24, 2.45) is 0 Å². The molecule has 0 bridgehead atoms. The zero-order chi connectivity index (χ0) is 10.8. The summed E-state index contributed by atoms with van der Waals surface area (Å²) in [7, 11) is 0. The molecule has 0 aliphatic carbocycles. The molecule has 0 fully saturated rings. The number of unbranched alkanes of at least 4 members (excludes halogenated alkanes) is 5. The Morgan fingerprint density at radius 3 is 1.20 bits per heavy atom. The first kappa shape index (κ1) is 17.2. The maximum atomic E-state index is 10.1. The van der Waals surface area contributed by atoms with Gasteiger partial charge in [-0.2, -0.15) is 0 Å². The van der Waals surface area contributed by atoms with Crippen LogP contribution in [0.3, 0.4) is 0 Å². The predicted molar refractivity (Wildman–Crippen MR) is 62.1 cm³/mol. The van der Waals surface area contributed by atoms with Crippen molar-refractivity contribution >= 4 is 38.1 Å². The van der Waals surface area contributed by atoms with Crippen LogP contribution in [0.25, 0.3) is 0 Å². The first-order chi connectivity index (χ1) is 6.63. The molecule has 5 heteroatoms. The Kier molecular flexibility index (Phi) is 13.7. The quantitative estimate of drug-likeness (QED) is 0.438. The second-order valence-corrected chi connectivity index (χ2v) is 3.41. The van der Waals surface area contributed by atoms with Crippen molar-refractivity contribution in [3.63, 3.8) is 0 Å². The normalized spacial score (nSPS) is 9.33. The molecule has 0 aromatic carbocycles. The Morgan fingerprint density at radius 1 is 0.667 bits per heavy atom. The molecule has 4 nitrogen and oxygen atoms in total. The van der Waals surface area contributed by atoms with Gasteiger partial charge in [-0.3, -0.25) is 9.59 Å². The van der Waals surface area contributed by atoms with Crippen LogP contribution in [0.2, 0.25) is 0 Å². The molecular weight excluding hydrogens is 393 g/mol. The van der Waals surface area contributed by atoms with Crippen LogP contribution in [0.1, 0.15) is 51.4 Å². The zero-order valence-corrected chi connectivity index (χ0v) is 14.6. The van der Waals surface area contributed by atoms with E-state index in [9.17, 15) is 9.59 Å². The maximum absolute atomic E-state index is 10.1. The molecule has 0 radical (unpaired) electrons. The number of carbonyl (C=O) groups is 2. The van der Waals surface area contributed by atoms with E-state index < -0.39 is 11.9 Å². The molecular formula is C10H21BiO4. The van der Waals surface area contributed by atoms with Gasteiger partial charge in [0.25, 0.3) is 0 Å². The molecule has 0 aromatic rings. The van der Waals surface area contributed by atoms with Crippen LogP contribution in [0.5, 0.6) is 0 Å². The fourth-order valence-electron chi connectivity index (χ4n) is 1.26. The van der Waals surface area contributed by atoms with Crippen LogP contribution >= 0.6 is 0 Å². The third kappa shape index (κ3) is 16.5. The summed E-state index contributed by atoms with van der Waals surface area (Å²) in [6.45, 7) is 0. The number of carboxylic acid groups (broad SMARTS) is 2. The van der Waals surface area contributed by atoms with E-state index in [1.807, 2.05) is 0 Å². The summed E-state index contributed by atoms with van der Waals surface area (Å²) in [5, 5.41) is 16.7. The van der Waals surface area contributed by atoms with E-state index in [4.69, 9.17) is 10.2 Å². The van der Waals surface area contributed by atoms with Gasteiger partial charge in [0.1, 0.15) is 0 Å². The van der Waals surface area contributed by atoms with Crippen molar-refractivity contribution in [2.45, 2.75) is 51.4 Å². The summed E-state index contributed by atoms with van der Waals surface area (Å²) < 4.78 is 0. The first-order valence-corrected chi connectivity index (χ1v) is 5.06. The second-order valence-electron chi connectivity index (χ2n) is 3.41. The minimum atomic E-state index is -0.740.